The lowest BCUT2D eigenvalue weighted by atomic mass is 9.80. The average molecular weight is 446 g/mol. The average Bonchev–Trinajstić information content (AvgIpc) is 2.62. The Morgan fingerprint density at radius 1 is 1.26 bits per heavy atom. The van der Waals surface area contributed by atoms with Crippen LogP contribution in [0.4, 0.5) is 14.5 Å². The van der Waals surface area contributed by atoms with E-state index in [2.05, 4.69) is 15.9 Å². The third kappa shape index (κ3) is 5.43. The molecule has 152 valence electrons. The quantitative estimate of drug-likeness (QED) is 0.455. The summed E-state index contributed by atoms with van der Waals surface area (Å²) in [5, 5.41) is 0. The highest BCUT2D eigenvalue weighted by Gasteiger charge is 2.55. The van der Waals surface area contributed by atoms with Gasteiger partial charge in [0, 0.05) is 11.0 Å². The Morgan fingerprint density at radius 3 is 2.44 bits per heavy atom. The lowest BCUT2D eigenvalue weighted by molar-refractivity contribution is -0.177. The number of carbonyl (C=O) groups is 1. The van der Waals surface area contributed by atoms with Crippen molar-refractivity contribution in [1.82, 2.24) is 0 Å². The molecule has 0 aromatic heterocycles. The van der Waals surface area contributed by atoms with Crippen LogP contribution in [0.25, 0.3) is 0 Å². The number of rotatable bonds is 8. The third-order valence-electron chi connectivity index (χ3n) is 5.07. The van der Waals surface area contributed by atoms with Crippen molar-refractivity contribution >= 4 is 27.6 Å². The summed E-state index contributed by atoms with van der Waals surface area (Å²) >= 11 is 3.51. The molecule has 1 aromatic rings. The Bertz CT molecular complexity index is 618. The predicted molar refractivity (Wildman–Crippen MR) is 108 cm³/mol. The Kier molecular flexibility index (Phi) is 8.07. The SMILES string of the molecule is CCOC(=O)C(F)(F)C(C1CCCCC1)N(CC(C)C)c1ccccc1Br. The second-order valence-electron chi connectivity index (χ2n) is 7.68. The van der Waals surface area contributed by atoms with Gasteiger partial charge < -0.3 is 9.64 Å². The zero-order valence-corrected chi connectivity index (χ0v) is 18.0. The van der Waals surface area contributed by atoms with E-state index in [1.165, 1.54) is 0 Å². The van der Waals surface area contributed by atoms with E-state index in [1.54, 1.807) is 11.8 Å². The van der Waals surface area contributed by atoms with Gasteiger partial charge in [-0.25, -0.2) is 4.79 Å². The zero-order chi connectivity index (χ0) is 20.0. The molecule has 3 nitrogen and oxygen atoms in total. The van der Waals surface area contributed by atoms with Gasteiger partial charge in [0.1, 0.15) is 6.04 Å². The number of alkyl halides is 2. The Labute approximate surface area is 169 Å². The van der Waals surface area contributed by atoms with Crippen LogP contribution in [0, 0.1) is 11.8 Å². The molecule has 1 aliphatic carbocycles. The van der Waals surface area contributed by atoms with E-state index in [-0.39, 0.29) is 18.4 Å². The smallest absolute Gasteiger partial charge is 0.379 e. The van der Waals surface area contributed by atoms with E-state index in [9.17, 15) is 4.79 Å². The van der Waals surface area contributed by atoms with Crippen molar-refractivity contribution in [2.24, 2.45) is 11.8 Å². The molecule has 0 amide bonds. The van der Waals surface area contributed by atoms with Gasteiger partial charge in [-0.15, -0.1) is 0 Å². The van der Waals surface area contributed by atoms with E-state index < -0.39 is 17.9 Å². The van der Waals surface area contributed by atoms with Gasteiger partial charge in [0.2, 0.25) is 0 Å². The molecule has 2 rings (SSSR count). The molecular formula is C21H30BrF2NO2. The van der Waals surface area contributed by atoms with Crippen LogP contribution in [0.5, 0.6) is 0 Å². The fourth-order valence-electron chi connectivity index (χ4n) is 3.98. The van der Waals surface area contributed by atoms with Crippen LogP contribution in [-0.4, -0.2) is 31.1 Å². The molecule has 0 heterocycles. The second kappa shape index (κ2) is 9.85. The van der Waals surface area contributed by atoms with Crippen molar-refractivity contribution in [1.29, 1.82) is 0 Å². The molecule has 0 saturated heterocycles. The van der Waals surface area contributed by atoms with E-state index in [0.717, 1.165) is 23.7 Å². The van der Waals surface area contributed by atoms with E-state index in [1.807, 2.05) is 38.1 Å². The van der Waals surface area contributed by atoms with Crippen molar-refractivity contribution in [2.75, 3.05) is 18.1 Å². The second-order valence-corrected chi connectivity index (χ2v) is 8.54. The minimum Gasteiger partial charge on any atom is -0.461 e. The molecule has 1 unspecified atom stereocenters. The number of esters is 1. The Hall–Kier alpha value is -1.17. The van der Waals surface area contributed by atoms with Gasteiger partial charge in [-0.3, -0.25) is 0 Å². The normalized spacial score (nSPS) is 17.0. The fraction of sp³-hybridized carbons (Fsp3) is 0.667. The maximum absolute atomic E-state index is 15.4. The van der Waals surface area contributed by atoms with E-state index in [4.69, 9.17) is 4.74 Å². The van der Waals surface area contributed by atoms with Gasteiger partial charge in [0.25, 0.3) is 0 Å². The first-order valence-corrected chi connectivity index (χ1v) is 10.6. The van der Waals surface area contributed by atoms with E-state index in [0.29, 0.717) is 25.1 Å². The molecule has 1 saturated carbocycles. The Morgan fingerprint density at radius 2 is 1.89 bits per heavy atom. The van der Waals surface area contributed by atoms with Crippen molar-refractivity contribution < 1.29 is 18.3 Å². The number of benzene rings is 1. The number of hydrogen-bond donors (Lipinski definition) is 0. The topological polar surface area (TPSA) is 29.5 Å². The molecule has 1 atom stereocenters. The minimum atomic E-state index is -3.57. The van der Waals surface area contributed by atoms with Crippen molar-refractivity contribution in [3.63, 3.8) is 0 Å². The summed E-state index contributed by atoms with van der Waals surface area (Å²) in [5.41, 5.74) is 0.700. The monoisotopic (exact) mass is 445 g/mol. The first-order valence-electron chi connectivity index (χ1n) is 9.85. The lowest BCUT2D eigenvalue weighted by Gasteiger charge is -2.44. The van der Waals surface area contributed by atoms with Crippen LogP contribution < -0.4 is 4.90 Å². The highest BCUT2D eigenvalue weighted by atomic mass is 79.9. The highest BCUT2D eigenvalue weighted by molar-refractivity contribution is 9.10. The lowest BCUT2D eigenvalue weighted by Crippen LogP contribution is -2.58. The Balaban J connectivity index is 2.52. The van der Waals surface area contributed by atoms with Gasteiger partial charge in [0.15, 0.2) is 0 Å². The molecule has 1 fully saturated rings. The summed E-state index contributed by atoms with van der Waals surface area (Å²) in [6.07, 6.45) is 4.32. The first kappa shape index (κ1) is 22.1. The van der Waals surface area contributed by atoms with Gasteiger partial charge in [-0.05, 0) is 59.7 Å². The van der Waals surface area contributed by atoms with Crippen molar-refractivity contribution in [2.45, 2.75) is 64.8 Å². The highest BCUT2D eigenvalue weighted by Crippen LogP contribution is 2.41. The number of ether oxygens (including phenoxy) is 1. The van der Waals surface area contributed by atoms with Gasteiger partial charge in [-0.1, -0.05) is 45.2 Å². The molecule has 0 spiro atoms. The molecule has 0 N–H and O–H groups in total. The largest absolute Gasteiger partial charge is 0.461 e. The number of anilines is 1. The summed E-state index contributed by atoms with van der Waals surface area (Å²) in [6.45, 7) is 5.96. The van der Waals surface area contributed by atoms with Crippen LogP contribution in [0.1, 0.15) is 52.9 Å². The van der Waals surface area contributed by atoms with Gasteiger partial charge in [-0.2, -0.15) is 8.78 Å². The molecular weight excluding hydrogens is 416 g/mol. The van der Waals surface area contributed by atoms with Gasteiger partial charge in [0.05, 0.1) is 12.3 Å². The standard InChI is InChI=1S/C21H30BrF2NO2/c1-4-27-20(26)21(23,24)19(16-10-6-5-7-11-16)25(14-15(2)3)18-13-9-8-12-17(18)22/h8-9,12-13,15-16,19H,4-7,10-11,14H2,1-3H3. The zero-order valence-electron chi connectivity index (χ0n) is 16.4. The number of nitrogens with zero attached hydrogens (tertiary/aromatic N) is 1. The molecule has 0 aliphatic heterocycles. The number of halogens is 3. The summed E-state index contributed by atoms with van der Waals surface area (Å²) in [6, 6.07) is 6.18. The summed E-state index contributed by atoms with van der Waals surface area (Å²) in [4.78, 5) is 14.0. The van der Waals surface area contributed by atoms with Crippen molar-refractivity contribution in [3.8, 4) is 0 Å². The van der Waals surface area contributed by atoms with E-state index >= 15 is 8.78 Å². The number of carbonyl (C=O) groups excluding carboxylic acids is 1. The van der Waals surface area contributed by atoms with Crippen LogP contribution in [0.3, 0.4) is 0 Å². The molecule has 0 radical (unpaired) electrons. The van der Waals surface area contributed by atoms with Crippen LogP contribution in [-0.2, 0) is 9.53 Å². The first-order chi connectivity index (χ1) is 12.8. The molecule has 6 heteroatoms. The number of hydrogen-bond acceptors (Lipinski definition) is 3. The molecule has 0 bridgehead atoms. The van der Waals surface area contributed by atoms with Crippen molar-refractivity contribution in [3.05, 3.63) is 28.7 Å². The molecule has 1 aromatic carbocycles. The summed E-state index contributed by atoms with van der Waals surface area (Å²) in [5.74, 6) is -5.06. The summed E-state index contributed by atoms with van der Waals surface area (Å²) in [7, 11) is 0. The minimum absolute atomic E-state index is 0.0506. The maximum atomic E-state index is 15.4. The van der Waals surface area contributed by atoms with Gasteiger partial charge >= 0.3 is 11.9 Å². The molecule has 1 aliphatic rings. The van der Waals surface area contributed by atoms with Crippen LogP contribution in [0.15, 0.2) is 28.7 Å². The fourth-order valence-corrected chi connectivity index (χ4v) is 4.50. The molecule has 27 heavy (non-hydrogen) atoms. The van der Waals surface area contributed by atoms with Crippen LogP contribution in [0.2, 0.25) is 0 Å². The van der Waals surface area contributed by atoms with Crippen LogP contribution >= 0.6 is 15.9 Å². The predicted octanol–water partition coefficient (Wildman–Crippen LogP) is 6.06. The number of para-hydroxylation sites is 1. The third-order valence-corrected chi connectivity index (χ3v) is 5.75. The summed E-state index contributed by atoms with van der Waals surface area (Å²) < 4.78 is 36.4. The maximum Gasteiger partial charge on any atom is 0.379 e.